The third-order valence-corrected chi connectivity index (χ3v) is 3.12. The number of benzene rings is 1. The molecule has 92 valence electrons. The van der Waals surface area contributed by atoms with Crippen molar-refractivity contribution in [2.45, 2.75) is 27.2 Å². The van der Waals surface area contributed by atoms with Crippen LogP contribution in [0.2, 0.25) is 0 Å². The van der Waals surface area contributed by atoms with Crippen LogP contribution in [0.5, 0.6) is 0 Å². The van der Waals surface area contributed by atoms with Crippen molar-refractivity contribution in [3.63, 3.8) is 0 Å². The highest BCUT2D eigenvalue weighted by molar-refractivity contribution is 6.04. The normalized spacial score (nSPS) is 18.1. The summed E-state index contributed by atoms with van der Waals surface area (Å²) in [6, 6.07) is 8.52. The molecule has 0 atom stereocenters. The van der Waals surface area contributed by atoms with Gasteiger partial charge in [-0.25, -0.2) is 0 Å². The molecule has 0 aliphatic heterocycles. The van der Waals surface area contributed by atoms with Crippen LogP contribution in [-0.4, -0.2) is 5.71 Å². The number of rotatable bonds is 2. The van der Waals surface area contributed by atoms with Gasteiger partial charge in [-0.3, -0.25) is 4.99 Å². The average molecular weight is 237 g/mol. The minimum atomic E-state index is 0.922. The van der Waals surface area contributed by atoms with Crippen LogP contribution in [-0.2, 0) is 0 Å². The van der Waals surface area contributed by atoms with E-state index in [1.165, 1.54) is 16.7 Å². The van der Waals surface area contributed by atoms with E-state index in [0.29, 0.717) is 0 Å². The number of hydrogen-bond donors (Lipinski definition) is 0. The molecule has 0 heterocycles. The minimum absolute atomic E-state index is 0.922. The number of hydrogen-bond acceptors (Lipinski definition) is 1. The predicted molar refractivity (Wildman–Crippen MR) is 79.8 cm³/mol. The number of allylic oxidation sites excluding steroid dienone is 5. The quantitative estimate of drug-likeness (QED) is 0.706. The maximum Gasteiger partial charge on any atom is 0.0662 e. The van der Waals surface area contributed by atoms with E-state index in [9.17, 15) is 0 Å². The van der Waals surface area contributed by atoms with Crippen molar-refractivity contribution < 1.29 is 0 Å². The molecule has 1 aliphatic rings. The first-order valence-corrected chi connectivity index (χ1v) is 6.35. The third-order valence-electron chi connectivity index (χ3n) is 3.12. The predicted octanol–water partition coefficient (Wildman–Crippen LogP) is 4.70. The summed E-state index contributed by atoms with van der Waals surface area (Å²) >= 11 is 0. The lowest BCUT2D eigenvalue weighted by molar-refractivity contribution is 1.33. The summed E-state index contributed by atoms with van der Waals surface area (Å²) < 4.78 is 0. The van der Waals surface area contributed by atoms with Crippen molar-refractivity contribution in [3.05, 3.63) is 65.3 Å². The Bertz CT molecular complexity index is 539. The Morgan fingerprint density at radius 3 is 2.50 bits per heavy atom. The molecule has 0 saturated carbocycles. The Kier molecular flexibility index (Phi) is 3.93. The summed E-state index contributed by atoms with van der Waals surface area (Å²) in [6.07, 6.45) is 9.35. The first-order chi connectivity index (χ1) is 8.70. The van der Waals surface area contributed by atoms with Crippen LogP contribution in [0.25, 0.3) is 5.70 Å². The van der Waals surface area contributed by atoms with Crippen molar-refractivity contribution in [1.82, 2.24) is 0 Å². The largest absolute Gasteiger partial charge is 0.253 e. The highest BCUT2D eigenvalue weighted by atomic mass is 14.8. The fourth-order valence-corrected chi connectivity index (χ4v) is 1.95. The summed E-state index contributed by atoms with van der Waals surface area (Å²) in [5.74, 6) is 0. The smallest absolute Gasteiger partial charge is 0.0662 e. The topological polar surface area (TPSA) is 12.4 Å². The second kappa shape index (κ2) is 5.63. The van der Waals surface area contributed by atoms with Gasteiger partial charge in [0.1, 0.15) is 0 Å². The van der Waals surface area contributed by atoms with Crippen LogP contribution in [0.15, 0.2) is 59.1 Å². The summed E-state index contributed by atoms with van der Waals surface area (Å²) in [5, 5.41) is 0. The number of aliphatic imine (C=N–C) groups is 1. The molecule has 0 fully saturated rings. The molecular weight excluding hydrogens is 218 g/mol. The standard InChI is InChI=1S/C17H19N/c1-4-16(15-11-9-13(2)10-12-15)18-17-8-6-5-7-14(17)3/h4-7,9-12H,8H2,1-3H3/b16-4-,18-17?. The van der Waals surface area contributed by atoms with Crippen LogP contribution in [0.3, 0.4) is 0 Å². The molecule has 1 heteroatoms. The SMILES string of the molecule is C/C=C(\N=C1CC=CC=C1C)c1ccc(C)cc1. The lowest BCUT2D eigenvalue weighted by Gasteiger charge is -2.10. The van der Waals surface area contributed by atoms with Crippen molar-refractivity contribution in [2.75, 3.05) is 0 Å². The molecule has 0 radical (unpaired) electrons. The molecule has 1 aromatic rings. The number of nitrogens with zero attached hydrogens (tertiary/aromatic N) is 1. The number of aryl methyl sites for hydroxylation is 1. The van der Waals surface area contributed by atoms with Gasteiger partial charge in [0.25, 0.3) is 0 Å². The van der Waals surface area contributed by atoms with Crippen LogP contribution in [0.1, 0.15) is 31.4 Å². The van der Waals surface area contributed by atoms with E-state index in [1.54, 1.807) is 0 Å². The van der Waals surface area contributed by atoms with Gasteiger partial charge in [-0.2, -0.15) is 0 Å². The molecule has 0 amide bonds. The fourth-order valence-electron chi connectivity index (χ4n) is 1.95. The molecule has 0 aromatic heterocycles. The molecule has 2 rings (SSSR count). The Morgan fingerprint density at radius 2 is 1.89 bits per heavy atom. The van der Waals surface area contributed by atoms with Crippen LogP contribution >= 0.6 is 0 Å². The second-order valence-electron chi connectivity index (χ2n) is 4.58. The maximum absolute atomic E-state index is 4.79. The van der Waals surface area contributed by atoms with Crippen molar-refractivity contribution in [1.29, 1.82) is 0 Å². The molecule has 1 aliphatic carbocycles. The zero-order chi connectivity index (χ0) is 13.0. The Labute approximate surface area is 109 Å². The maximum atomic E-state index is 4.79. The average Bonchev–Trinajstić information content (AvgIpc) is 2.39. The second-order valence-corrected chi connectivity index (χ2v) is 4.58. The summed E-state index contributed by atoms with van der Waals surface area (Å²) in [6.45, 7) is 6.26. The van der Waals surface area contributed by atoms with E-state index in [1.807, 2.05) is 6.92 Å². The van der Waals surface area contributed by atoms with Gasteiger partial charge in [0.2, 0.25) is 0 Å². The first-order valence-electron chi connectivity index (χ1n) is 6.35. The van der Waals surface area contributed by atoms with Gasteiger partial charge in [-0.05, 0) is 31.9 Å². The molecule has 0 spiro atoms. The van der Waals surface area contributed by atoms with Gasteiger partial charge in [0.15, 0.2) is 0 Å². The van der Waals surface area contributed by atoms with Gasteiger partial charge in [0.05, 0.1) is 5.70 Å². The van der Waals surface area contributed by atoms with E-state index < -0.39 is 0 Å². The minimum Gasteiger partial charge on any atom is -0.253 e. The molecule has 0 bridgehead atoms. The molecule has 0 unspecified atom stereocenters. The summed E-state index contributed by atoms with van der Waals surface area (Å²) in [5.41, 5.74) is 5.92. The van der Waals surface area contributed by atoms with E-state index in [4.69, 9.17) is 4.99 Å². The van der Waals surface area contributed by atoms with E-state index in [-0.39, 0.29) is 0 Å². The van der Waals surface area contributed by atoms with Crippen LogP contribution < -0.4 is 0 Å². The van der Waals surface area contributed by atoms with Crippen LogP contribution in [0, 0.1) is 6.92 Å². The van der Waals surface area contributed by atoms with E-state index in [0.717, 1.165) is 17.8 Å². The molecule has 18 heavy (non-hydrogen) atoms. The van der Waals surface area contributed by atoms with Crippen LogP contribution in [0.4, 0.5) is 0 Å². The Morgan fingerprint density at radius 1 is 1.17 bits per heavy atom. The molecule has 1 nitrogen and oxygen atoms in total. The van der Waals surface area contributed by atoms with E-state index >= 15 is 0 Å². The lowest BCUT2D eigenvalue weighted by atomic mass is 10.0. The highest BCUT2D eigenvalue weighted by Gasteiger charge is 2.06. The molecular formula is C17H19N. The van der Waals surface area contributed by atoms with Gasteiger partial charge < -0.3 is 0 Å². The van der Waals surface area contributed by atoms with Crippen molar-refractivity contribution in [2.24, 2.45) is 4.99 Å². The van der Waals surface area contributed by atoms with Gasteiger partial charge >= 0.3 is 0 Å². The first kappa shape index (κ1) is 12.6. The monoisotopic (exact) mass is 237 g/mol. The van der Waals surface area contributed by atoms with E-state index in [2.05, 4.69) is 62.4 Å². The van der Waals surface area contributed by atoms with Gasteiger partial charge in [0, 0.05) is 12.1 Å². The Balaban J connectivity index is 2.31. The zero-order valence-corrected chi connectivity index (χ0v) is 11.3. The fraction of sp³-hybridized carbons (Fsp3) is 0.235. The van der Waals surface area contributed by atoms with Crippen molar-refractivity contribution in [3.8, 4) is 0 Å². The zero-order valence-electron chi connectivity index (χ0n) is 11.3. The third kappa shape index (κ3) is 2.86. The van der Waals surface area contributed by atoms with Gasteiger partial charge in [-0.15, -0.1) is 0 Å². The lowest BCUT2D eigenvalue weighted by Crippen LogP contribution is -2.02. The summed E-state index contributed by atoms with van der Waals surface area (Å²) in [7, 11) is 0. The Hall–Kier alpha value is -1.89. The van der Waals surface area contributed by atoms with Crippen molar-refractivity contribution >= 4 is 11.4 Å². The van der Waals surface area contributed by atoms with Gasteiger partial charge in [-0.1, -0.05) is 54.1 Å². The molecule has 0 N–H and O–H groups in total. The summed E-state index contributed by atoms with van der Waals surface area (Å²) in [4.78, 5) is 4.79. The molecule has 0 saturated heterocycles. The molecule has 1 aromatic carbocycles. The highest BCUT2D eigenvalue weighted by Crippen LogP contribution is 2.20.